The fraction of sp³-hybridized carbons (Fsp3) is 0.0930. The Morgan fingerprint density at radius 2 is 1.45 bits per heavy atom. The average molecular weight is 637 g/mol. The first-order valence-electron chi connectivity index (χ1n) is 16.1. The molecule has 0 saturated heterocycles. The molecule has 222 valence electrons. The van der Waals surface area contributed by atoms with Gasteiger partial charge in [0, 0.05) is 53.4 Å². The Balaban J connectivity index is 1.11. The van der Waals surface area contributed by atoms with Gasteiger partial charge < -0.3 is 4.57 Å². The number of para-hydroxylation sites is 2. The van der Waals surface area contributed by atoms with Crippen LogP contribution < -0.4 is 0 Å². The van der Waals surface area contributed by atoms with E-state index < -0.39 is 0 Å². The summed E-state index contributed by atoms with van der Waals surface area (Å²) in [5, 5.41) is 14.7. The Labute approximate surface area is 281 Å². The third-order valence-corrected chi connectivity index (χ3v) is 12.8. The monoisotopic (exact) mass is 636 g/mol. The first-order chi connectivity index (χ1) is 23.3. The highest BCUT2D eigenvalue weighted by Crippen LogP contribution is 2.56. The summed E-state index contributed by atoms with van der Waals surface area (Å²) < 4.78 is 3.74. The molecule has 10 rings (SSSR count). The van der Waals surface area contributed by atoms with Gasteiger partial charge in [-0.25, -0.2) is 0 Å². The van der Waals surface area contributed by atoms with Crippen LogP contribution in [0.2, 0.25) is 0 Å². The van der Waals surface area contributed by atoms with E-state index in [0.29, 0.717) is 11.2 Å². The summed E-state index contributed by atoms with van der Waals surface area (Å²) in [6, 6.07) is 44.6. The third-order valence-electron chi connectivity index (χ3n) is 10.2. The zero-order valence-corrected chi connectivity index (χ0v) is 27.0. The second kappa shape index (κ2) is 10.5. The van der Waals surface area contributed by atoms with Crippen molar-refractivity contribution in [3.05, 3.63) is 161 Å². The van der Waals surface area contributed by atoms with Crippen molar-refractivity contribution in [3.63, 3.8) is 0 Å². The molecule has 2 nitrogen and oxygen atoms in total. The van der Waals surface area contributed by atoms with Gasteiger partial charge in [0.15, 0.2) is 0 Å². The topological polar surface area (TPSA) is 28.7 Å². The normalized spacial score (nSPS) is 21.0. The fourth-order valence-electron chi connectivity index (χ4n) is 8.07. The van der Waals surface area contributed by atoms with Crippen LogP contribution in [0.25, 0.3) is 54.8 Å². The molecule has 3 heterocycles. The van der Waals surface area contributed by atoms with Crippen LogP contribution in [0.1, 0.15) is 33.4 Å². The summed E-state index contributed by atoms with van der Waals surface area (Å²) in [5.74, 6) is -0.0544. The van der Waals surface area contributed by atoms with Crippen molar-refractivity contribution in [2.45, 2.75) is 22.0 Å². The number of hydrogen-bond acceptors (Lipinski definition) is 3. The molecule has 0 amide bonds. The first kappa shape index (κ1) is 27.1. The summed E-state index contributed by atoms with van der Waals surface area (Å²) in [6.45, 7) is 0. The van der Waals surface area contributed by atoms with E-state index in [4.69, 9.17) is 0 Å². The van der Waals surface area contributed by atoms with Crippen LogP contribution in [0.4, 0.5) is 0 Å². The minimum atomic E-state index is -0.264. The van der Waals surface area contributed by atoms with Crippen LogP contribution in [-0.4, -0.2) is 9.82 Å². The number of fused-ring (bicyclic) bond motifs is 10. The Morgan fingerprint density at radius 1 is 0.681 bits per heavy atom. The second-order valence-corrected chi connectivity index (χ2v) is 15.0. The molecule has 2 aliphatic carbocycles. The molecule has 4 unspecified atom stereocenters. The average Bonchev–Trinajstić information content (AvgIpc) is 3.80. The maximum absolute atomic E-state index is 10.5. The highest BCUT2D eigenvalue weighted by Gasteiger charge is 2.39. The minimum Gasteiger partial charge on any atom is -0.312 e. The Hall–Kier alpha value is -5.08. The van der Waals surface area contributed by atoms with Crippen molar-refractivity contribution in [3.8, 4) is 17.2 Å². The number of allylic oxidation sites excluding steroid dienone is 4. The molecule has 0 spiro atoms. The van der Waals surface area contributed by atoms with E-state index in [1.807, 2.05) is 23.1 Å². The number of nitriles is 1. The number of benzene rings is 5. The van der Waals surface area contributed by atoms with Crippen LogP contribution >= 0.6 is 23.1 Å². The van der Waals surface area contributed by atoms with Crippen LogP contribution in [0.5, 0.6) is 0 Å². The van der Waals surface area contributed by atoms with Gasteiger partial charge in [0.25, 0.3) is 0 Å². The number of nitrogens with zero attached hydrogens (tertiary/aromatic N) is 2. The molecule has 4 heteroatoms. The Bertz CT molecular complexity index is 2490. The highest BCUT2D eigenvalue weighted by molar-refractivity contribution is 8.00. The largest absolute Gasteiger partial charge is 0.312 e. The standard InChI is InChI=1S/C43H28N2S2/c44-25-29-11-8-16-37(45-35-14-6-4-12-30(35)31-13-5-7-15-36(31)45)41(29)28-18-21-39-34(24-28)42-40(46-39)22-19-32-33-23-27(26-9-2-1-3-10-26)17-20-38(33)47-43(32)42/h1-24,29,40-42H. The molecule has 5 aromatic carbocycles. The maximum Gasteiger partial charge on any atom is 0.0770 e. The number of thioether (sulfide) groups is 1. The quantitative estimate of drug-likeness (QED) is 0.193. The van der Waals surface area contributed by atoms with E-state index in [-0.39, 0.29) is 11.8 Å². The SMILES string of the molecule is N#CC1C=CC=C(n2c3ccccc3c3ccccc32)C1c1ccc2c(c1)C1c3sc4ccc(-c5ccccc5)cc4c3C=CC1S2. The molecule has 0 fully saturated rings. The molecule has 7 aromatic rings. The first-order valence-corrected chi connectivity index (χ1v) is 17.8. The lowest BCUT2D eigenvalue weighted by Crippen LogP contribution is -2.18. The number of thiophene rings is 1. The molecule has 1 aliphatic heterocycles. The van der Waals surface area contributed by atoms with Gasteiger partial charge in [-0.15, -0.1) is 23.1 Å². The summed E-state index contributed by atoms with van der Waals surface area (Å²) in [6.07, 6.45) is 11.2. The van der Waals surface area contributed by atoms with E-state index in [1.54, 1.807) is 0 Å². The zero-order valence-electron chi connectivity index (χ0n) is 25.4. The van der Waals surface area contributed by atoms with E-state index >= 15 is 0 Å². The summed E-state index contributed by atoms with van der Waals surface area (Å²) >= 11 is 3.93. The van der Waals surface area contributed by atoms with Crippen molar-refractivity contribution in [1.29, 1.82) is 5.26 Å². The molecule has 4 atom stereocenters. The lowest BCUT2D eigenvalue weighted by atomic mass is 9.79. The van der Waals surface area contributed by atoms with Gasteiger partial charge in [-0.05, 0) is 64.2 Å². The van der Waals surface area contributed by atoms with Gasteiger partial charge in [0.2, 0.25) is 0 Å². The van der Waals surface area contributed by atoms with Crippen molar-refractivity contribution >= 4 is 66.8 Å². The van der Waals surface area contributed by atoms with Gasteiger partial charge >= 0.3 is 0 Å². The lowest BCUT2D eigenvalue weighted by Gasteiger charge is -2.29. The molecule has 0 N–H and O–H groups in total. The smallest absolute Gasteiger partial charge is 0.0770 e. The predicted octanol–water partition coefficient (Wildman–Crippen LogP) is 11.6. The van der Waals surface area contributed by atoms with Gasteiger partial charge in [0.1, 0.15) is 0 Å². The van der Waals surface area contributed by atoms with Gasteiger partial charge in [0.05, 0.1) is 23.0 Å². The molecule has 0 saturated carbocycles. The molecule has 0 radical (unpaired) electrons. The summed E-state index contributed by atoms with van der Waals surface area (Å²) in [4.78, 5) is 2.81. The Kier molecular flexibility index (Phi) is 6.03. The molecule has 2 aromatic heterocycles. The third kappa shape index (κ3) is 4.04. The van der Waals surface area contributed by atoms with Crippen LogP contribution in [0.3, 0.4) is 0 Å². The maximum atomic E-state index is 10.5. The Morgan fingerprint density at radius 3 is 2.23 bits per heavy atom. The number of rotatable bonds is 3. The predicted molar refractivity (Wildman–Crippen MR) is 199 cm³/mol. The lowest BCUT2D eigenvalue weighted by molar-refractivity contribution is 0.701. The zero-order chi connectivity index (χ0) is 31.1. The van der Waals surface area contributed by atoms with Crippen molar-refractivity contribution in [2.24, 2.45) is 5.92 Å². The number of hydrogen-bond donors (Lipinski definition) is 0. The summed E-state index contributed by atoms with van der Waals surface area (Å²) in [7, 11) is 0. The molecular weight excluding hydrogens is 609 g/mol. The van der Waals surface area contributed by atoms with Crippen molar-refractivity contribution < 1.29 is 0 Å². The van der Waals surface area contributed by atoms with Crippen molar-refractivity contribution in [1.82, 2.24) is 4.57 Å². The summed E-state index contributed by atoms with van der Waals surface area (Å²) in [5.41, 5.74) is 9.98. The van der Waals surface area contributed by atoms with Gasteiger partial charge in [-0.2, -0.15) is 5.26 Å². The van der Waals surface area contributed by atoms with E-state index in [9.17, 15) is 5.26 Å². The molecule has 0 bridgehead atoms. The molecular formula is C43H28N2S2. The fourth-order valence-corrected chi connectivity index (χ4v) is 10.8. The highest BCUT2D eigenvalue weighted by atomic mass is 32.2. The van der Waals surface area contributed by atoms with Crippen LogP contribution in [0, 0.1) is 17.2 Å². The van der Waals surface area contributed by atoms with E-state index in [2.05, 4.69) is 156 Å². The molecule has 3 aliphatic rings. The number of aromatic nitrogens is 1. The van der Waals surface area contributed by atoms with E-state index in [0.717, 1.165) is 5.70 Å². The second-order valence-electron chi connectivity index (χ2n) is 12.7. The van der Waals surface area contributed by atoms with Gasteiger partial charge in [-0.1, -0.05) is 109 Å². The molecule has 47 heavy (non-hydrogen) atoms. The minimum absolute atomic E-state index is 0.0898. The van der Waals surface area contributed by atoms with Crippen LogP contribution in [0.15, 0.2) is 144 Å². The van der Waals surface area contributed by atoms with Gasteiger partial charge in [-0.3, -0.25) is 0 Å². The van der Waals surface area contributed by atoms with Crippen molar-refractivity contribution in [2.75, 3.05) is 0 Å². The van der Waals surface area contributed by atoms with Crippen LogP contribution in [-0.2, 0) is 0 Å². The van der Waals surface area contributed by atoms with E-state index in [1.165, 1.54) is 69.5 Å².